The number of aliphatic hydroxyl groups is 1. The lowest BCUT2D eigenvalue weighted by Crippen LogP contribution is -2.58. The molecule has 1 saturated heterocycles. The molecule has 0 radical (unpaired) electrons. The molecule has 1 aromatic carbocycles. The number of hydrogen-bond donors (Lipinski definition) is 2. The first-order valence-electron chi connectivity index (χ1n) is 6.74. The zero-order valence-corrected chi connectivity index (χ0v) is 11.4. The molecule has 0 saturated carbocycles. The Hall–Kier alpha value is -1.39. The summed E-state index contributed by atoms with van der Waals surface area (Å²) in [5.74, 6) is 0.306. The molecule has 2 bridgehead atoms. The summed E-state index contributed by atoms with van der Waals surface area (Å²) >= 11 is 0. The maximum atomic E-state index is 9.77. The predicted molar refractivity (Wildman–Crippen MR) is 74.7 cm³/mol. The van der Waals surface area contributed by atoms with Crippen LogP contribution in [0.5, 0.6) is 5.75 Å². The van der Waals surface area contributed by atoms with Gasteiger partial charge in [0, 0.05) is 11.1 Å². The minimum atomic E-state index is -0.163. The number of piperidine rings is 1. The molecular weight excluding hydrogens is 240 g/mol. The number of benzene rings is 1. The Bertz CT molecular complexity index is 541. The Morgan fingerprint density at radius 3 is 3.00 bits per heavy atom. The molecule has 1 aromatic rings. The zero-order chi connectivity index (χ0) is 13.6. The maximum Gasteiger partial charge on any atom is 0.134 e. The van der Waals surface area contributed by atoms with Gasteiger partial charge < -0.3 is 10.2 Å². The van der Waals surface area contributed by atoms with E-state index in [1.807, 2.05) is 12.1 Å². The van der Waals surface area contributed by atoms with Crippen molar-refractivity contribution in [2.24, 2.45) is 4.99 Å². The summed E-state index contributed by atoms with van der Waals surface area (Å²) in [5, 5.41) is 19.0. The van der Waals surface area contributed by atoms with Crippen molar-refractivity contribution in [1.29, 1.82) is 0 Å². The van der Waals surface area contributed by atoms with Crippen LogP contribution >= 0.6 is 0 Å². The molecule has 4 heteroatoms. The molecule has 2 unspecified atom stereocenters. The second kappa shape index (κ2) is 4.32. The van der Waals surface area contributed by atoms with Crippen LogP contribution in [0.2, 0.25) is 0 Å². The number of aromatic hydroxyl groups is 1. The van der Waals surface area contributed by atoms with Crippen LogP contribution in [0.4, 0.5) is 0 Å². The number of likely N-dealkylation sites (tertiary alicyclic amines) is 1. The van der Waals surface area contributed by atoms with Crippen LogP contribution in [0.1, 0.15) is 24.5 Å². The molecule has 3 rings (SSSR count). The number of fused-ring (bicyclic) bond motifs is 4. The fourth-order valence-electron chi connectivity index (χ4n) is 3.61. The number of hydrogen-bond acceptors (Lipinski definition) is 4. The lowest BCUT2D eigenvalue weighted by atomic mass is 9.63. The normalized spacial score (nSPS) is 32.4. The summed E-state index contributed by atoms with van der Waals surface area (Å²) in [6.07, 6.45) is 1.87. The molecule has 0 amide bonds. The fraction of sp³-hybridized carbons (Fsp3) is 0.533. The van der Waals surface area contributed by atoms with Gasteiger partial charge in [-0.15, -0.1) is 0 Å². The van der Waals surface area contributed by atoms with E-state index < -0.39 is 0 Å². The lowest BCUT2D eigenvalue weighted by Gasteiger charge is -2.49. The van der Waals surface area contributed by atoms with Gasteiger partial charge in [-0.3, -0.25) is 9.89 Å². The van der Waals surface area contributed by atoms with Crippen LogP contribution in [0.25, 0.3) is 0 Å². The molecule has 0 aromatic heterocycles. The van der Waals surface area contributed by atoms with E-state index in [2.05, 4.69) is 23.9 Å². The highest BCUT2D eigenvalue weighted by Crippen LogP contribution is 2.43. The van der Waals surface area contributed by atoms with Gasteiger partial charge in [-0.2, -0.15) is 0 Å². The van der Waals surface area contributed by atoms with Crippen LogP contribution in [0, 0.1) is 0 Å². The largest absolute Gasteiger partial charge is 0.508 e. The van der Waals surface area contributed by atoms with Gasteiger partial charge in [0.05, 0.1) is 6.04 Å². The SMILES string of the molecule is CN1CCC2(C)C(=NCO)C1Cc1ccc(O)cc12. The molecule has 1 heterocycles. The second-order valence-electron chi connectivity index (χ2n) is 5.81. The summed E-state index contributed by atoms with van der Waals surface area (Å²) in [6, 6.07) is 5.91. The topological polar surface area (TPSA) is 56.1 Å². The zero-order valence-electron chi connectivity index (χ0n) is 11.4. The molecular formula is C15H20N2O2. The molecule has 2 atom stereocenters. The highest BCUT2D eigenvalue weighted by atomic mass is 16.3. The summed E-state index contributed by atoms with van der Waals surface area (Å²) in [7, 11) is 2.11. The predicted octanol–water partition coefficient (Wildman–Crippen LogP) is 1.30. The van der Waals surface area contributed by atoms with Crippen molar-refractivity contribution in [2.75, 3.05) is 20.3 Å². The summed E-state index contributed by atoms with van der Waals surface area (Å²) in [5.41, 5.74) is 3.35. The van der Waals surface area contributed by atoms with Crippen molar-refractivity contribution in [3.8, 4) is 5.75 Å². The lowest BCUT2D eigenvalue weighted by molar-refractivity contribution is 0.220. The molecule has 1 aliphatic carbocycles. The number of phenols is 1. The third-order valence-corrected chi connectivity index (χ3v) is 4.72. The van der Waals surface area contributed by atoms with E-state index in [0.717, 1.165) is 25.1 Å². The number of aliphatic imine (C=N–C) groups is 1. The Morgan fingerprint density at radius 1 is 1.47 bits per heavy atom. The van der Waals surface area contributed by atoms with Crippen molar-refractivity contribution in [3.05, 3.63) is 29.3 Å². The van der Waals surface area contributed by atoms with Gasteiger partial charge in [-0.05, 0) is 49.7 Å². The maximum absolute atomic E-state index is 9.77. The van der Waals surface area contributed by atoms with Gasteiger partial charge in [0.15, 0.2) is 0 Å². The number of phenolic OH excluding ortho intramolecular Hbond substituents is 1. The molecule has 1 aliphatic heterocycles. The number of aliphatic hydroxyl groups excluding tert-OH is 1. The highest BCUT2D eigenvalue weighted by molar-refractivity contribution is 6.01. The molecule has 2 N–H and O–H groups in total. The summed E-state index contributed by atoms with van der Waals surface area (Å²) < 4.78 is 0. The smallest absolute Gasteiger partial charge is 0.134 e. The Labute approximate surface area is 113 Å². The molecule has 19 heavy (non-hydrogen) atoms. The number of rotatable bonds is 1. The van der Waals surface area contributed by atoms with Crippen molar-refractivity contribution >= 4 is 5.71 Å². The van der Waals surface area contributed by atoms with Crippen molar-refractivity contribution < 1.29 is 10.2 Å². The van der Waals surface area contributed by atoms with E-state index in [-0.39, 0.29) is 18.2 Å². The number of likely N-dealkylation sites (N-methyl/N-ethyl adjacent to an activating group) is 1. The van der Waals surface area contributed by atoms with Crippen molar-refractivity contribution in [1.82, 2.24) is 4.90 Å². The molecule has 2 aliphatic rings. The standard InChI is InChI=1S/C15H20N2O2/c1-15-5-6-17(2)13(14(15)16-9-18)7-10-3-4-11(19)8-12(10)15/h3-4,8,13,18-19H,5-7,9H2,1-2H3. The Balaban J connectivity index is 2.20. The average molecular weight is 260 g/mol. The molecule has 1 fully saturated rings. The minimum Gasteiger partial charge on any atom is -0.508 e. The second-order valence-corrected chi connectivity index (χ2v) is 5.81. The average Bonchev–Trinajstić information content (AvgIpc) is 2.39. The first-order valence-corrected chi connectivity index (χ1v) is 6.74. The van der Waals surface area contributed by atoms with Crippen molar-refractivity contribution in [3.63, 3.8) is 0 Å². The van der Waals surface area contributed by atoms with E-state index in [9.17, 15) is 10.2 Å². The van der Waals surface area contributed by atoms with Gasteiger partial charge in [0.1, 0.15) is 12.5 Å². The quantitative estimate of drug-likeness (QED) is 0.800. The van der Waals surface area contributed by atoms with E-state index in [0.29, 0.717) is 5.75 Å². The van der Waals surface area contributed by atoms with Crippen LogP contribution in [0.3, 0.4) is 0 Å². The molecule has 0 spiro atoms. The van der Waals surface area contributed by atoms with Crippen LogP contribution < -0.4 is 0 Å². The summed E-state index contributed by atoms with van der Waals surface area (Å²) in [4.78, 5) is 6.68. The van der Waals surface area contributed by atoms with E-state index in [4.69, 9.17) is 0 Å². The van der Waals surface area contributed by atoms with E-state index in [1.54, 1.807) is 6.07 Å². The minimum absolute atomic E-state index is 0.160. The fourth-order valence-corrected chi connectivity index (χ4v) is 3.61. The monoisotopic (exact) mass is 260 g/mol. The summed E-state index contributed by atoms with van der Waals surface area (Å²) in [6.45, 7) is 3.03. The Kier molecular flexibility index (Phi) is 2.87. The molecule has 4 nitrogen and oxygen atoms in total. The van der Waals surface area contributed by atoms with Gasteiger partial charge in [-0.25, -0.2) is 0 Å². The third-order valence-electron chi connectivity index (χ3n) is 4.72. The van der Waals surface area contributed by atoms with Crippen LogP contribution in [0.15, 0.2) is 23.2 Å². The van der Waals surface area contributed by atoms with Gasteiger partial charge in [-0.1, -0.05) is 13.0 Å². The van der Waals surface area contributed by atoms with E-state index in [1.165, 1.54) is 11.1 Å². The van der Waals surface area contributed by atoms with Gasteiger partial charge in [0.2, 0.25) is 0 Å². The van der Waals surface area contributed by atoms with Gasteiger partial charge >= 0.3 is 0 Å². The van der Waals surface area contributed by atoms with Crippen LogP contribution in [-0.2, 0) is 11.8 Å². The Morgan fingerprint density at radius 2 is 2.26 bits per heavy atom. The third kappa shape index (κ3) is 1.78. The molecule has 102 valence electrons. The highest BCUT2D eigenvalue weighted by Gasteiger charge is 2.47. The number of nitrogens with zero attached hydrogens (tertiary/aromatic N) is 2. The van der Waals surface area contributed by atoms with Crippen molar-refractivity contribution in [2.45, 2.75) is 31.2 Å². The van der Waals surface area contributed by atoms with Gasteiger partial charge in [0.25, 0.3) is 0 Å². The van der Waals surface area contributed by atoms with E-state index >= 15 is 0 Å². The van der Waals surface area contributed by atoms with Crippen LogP contribution in [-0.4, -0.2) is 47.2 Å². The first-order chi connectivity index (χ1) is 9.06. The first kappa shape index (κ1) is 12.6.